The molecule has 0 bridgehead atoms. The van der Waals surface area contributed by atoms with E-state index in [0.29, 0.717) is 22.0 Å². The first-order valence-electron chi connectivity index (χ1n) is 8.79. The second kappa shape index (κ2) is 7.06. The Morgan fingerprint density at radius 2 is 1.52 bits per heavy atom. The van der Waals surface area contributed by atoms with Gasteiger partial charge in [0.15, 0.2) is 5.43 Å². The van der Waals surface area contributed by atoms with Crippen LogP contribution in [0.4, 0.5) is 11.4 Å². The summed E-state index contributed by atoms with van der Waals surface area (Å²) < 4.78 is 27.9. The zero-order valence-electron chi connectivity index (χ0n) is 15.4. The van der Waals surface area contributed by atoms with E-state index in [1.807, 2.05) is 12.1 Å². The van der Waals surface area contributed by atoms with Crippen molar-refractivity contribution < 1.29 is 13.2 Å². The number of hydrogen-bond acceptors (Lipinski definition) is 4. The fourth-order valence-electron chi connectivity index (χ4n) is 3.12. The Morgan fingerprint density at radius 3 is 2.24 bits per heavy atom. The predicted molar refractivity (Wildman–Crippen MR) is 114 cm³/mol. The summed E-state index contributed by atoms with van der Waals surface area (Å²) in [6.45, 7) is 1.37. The molecule has 0 aliphatic rings. The van der Waals surface area contributed by atoms with Crippen molar-refractivity contribution in [2.24, 2.45) is 0 Å². The van der Waals surface area contributed by atoms with Crippen LogP contribution in [0.1, 0.15) is 6.92 Å². The highest BCUT2D eigenvalue weighted by atomic mass is 32.2. The van der Waals surface area contributed by atoms with Crippen molar-refractivity contribution in [2.75, 3.05) is 10.0 Å². The van der Waals surface area contributed by atoms with Gasteiger partial charge in [-0.25, -0.2) is 8.42 Å². The lowest BCUT2D eigenvalue weighted by molar-refractivity contribution is -0.114. The Hall–Kier alpha value is -3.65. The molecule has 0 saturated heterocycles. The fourth-order valence-corrected chi connectivity index (χ4v) is 4.17. The summed E-state index contributed by atoms with van der Waals surface area (Å²) in [5.41, 5.74) is 1.95. The average molecular weight is 407 g/mol. The number of hydrogen-bond donors (Lipinski definition) is 3. The highest BCUT2D eigenvalue weighted by Gasteiger charge is 2.15. The molecule has 0 aliphatic heterocycles. The van der Waals surface area contributed by atoms with Gasteiger partial charge in [-0.1, -0.05) is 12.1 Å². The van der Waals surface area contributed by atoms with Crippen LogP contribution in [0.2, 0.25) is 0 Å². The van der Waals surface area contributed by atoms with E-state index in [4.69, 9.17) is 0 Å². The molecule has 0 saturated carbocycles. The fraction of sp³-hybridized carbons (Fsp3) is 0.0476. The summed E-state index contributed by atoms with van der Waals surface area (Å²) in [5.74, 6) is -0.243. The van der Waals surface area contributed by atoms with Crippen LogP contribution in [0.5, 0.6) is 0 Å². The van der Waals surface area contributed by atoms with Gasteiger partial charge in [-0.05, 0) is 54.6 Å². The van der Waals surface area contributed by atoms with E-state index in [2.05, 4.69) is 15.0 Å². The van der Waals surface area contributed by atoms with Gasteiger partial charge < -0.3 is 10.3 Å². The minimum atomic E-state index is -3.86. The molecule has 0 atom stereocenters. The van der Waals surface area contributed by atoms with Gasteiger partial charge in [0.1, 0.15) is 0 Å². The average Bonchev–Trinajstić information content (AvgIpc) is 2.68. The third-order valence-corrected chi connectivity index (χ3v) is 5.84. The summed E-state index contributed by atoms with van der Waals surface area (Å²) in [7, 11) is -3.86. The number of pyridine rings is 1. The van der Waals surface area contributed by atoms with Crippen LogP contribution in [-0.4, -0.2) is 19.3 Å². The third kappa shape index (κ3) is 3.70. The number of carbonyl (C=O) groups is 1. The smallest absolute Gasteiger partial charge is 0.261 e. The summed E-state index contributed by atoms with van der Waals surface area (Å²) in [6.07, 6.45) is 0. The maximum atomic E-state index is 12.8. The van der Waals surface area contributed by atoms with E-state index >= 15 is 0 Å². The van der Waals surface area contributed by atoms with E-state index in [0.717, 1.165) is 5.52 Å². The molecule has 3 N–H and O–H groups in total. The number of fused-ring (bicyclic) bond motifs is 2. The molecule has 7 nitrogen and oxygen atoms in total. The van der Waals surface area contributed by atoms with Crippen LogP contribution in [0.15, 0.2) is 76.4 Å². The Balaban J connectivity index is 1.69. The van der Waals surface area contributed by atoms with E-state index in [1.165, 1.54) is 37.3 Å². The van der Waals surface area contributed by atoms with Crippen molar-refractivity contribution >= 4 is 49.1 Å². The molecule has 4 aromatic rings. The molecule has 29 heavy (non-hydrogen) atoms. The van der Waals surface area contributed by atoms with Crippen molar-refractivity contribution in [1.29, 1.82) is 0 Å². The Morgan fingerprint density at radius 1 is 0.862 bits per heavy atom. The van der Waals surface area contributed by atoms with Gasteiger partial charge in [0.2, 0.25) is 5.91 Å². The van der Waals surface area contributed by atoms with Gasteiger partial charge in [-0.3, -0.25) is 14.3 Å². The SMILES string of the molecule is CC(=O)Nc1ccc(S(=O)(=O)Nc2ccc3[nH]c4ccccc4c(=O)c3c2)cc1. The standard InChI is InChI=1S/C21H17N3O4S/c1-13(25)22-14-6-9-16(10-7-14)29(27,28)24-15-8-11-20-18(12-15)21(26)17-4-2-3-5-19(17)23-20/h2-12,24H,1H3,(H,22,25)(H,23,26). The van der Waals surface area contributed by atoms with Gasteiger partial charge >= 0.3 is 0 Å². The Kier molecular flexibility index (Phi) is 4.56. The quantitative estimate of drug-likeness (QED) is 0.450. The number of benzene rings is 3. The third-order valence-electron chi connectivity index (χ3n) is 4.44. The van der Waals surface area contributed by atoms with Gasteiger partial charge in [0.25, 0.3) is 10.0 Å². The van der Waals surface area contributed by atoms with Crippen molar-refractivity contribution in [3.8, 4) is 0 Å². The topological polar surface area (TPSA) is 108 Å². The van der Waals surface area contributed by atoms with Gasteiger partial charge in [0.05, 0.1) is 4.90 Å². The van der Waals surface area contributed by atoms with Crippen LogP contribution in [0.25, 0.3) is 21.8 Å². The number of anilines is 2. The Labute approximate surface area is 166 Å². The maximum Gasteiger partial charge on any atom is 0.261 e. The summed E-state index contributed by atoms with van der Waals surface area (Å²) in [5, 5.41) is 3.51. The monoisotopic (exact) mass is 407 g/mol. The number of rotatable bonds is 4. The minimum Gasteiger partial charge on any atom is -0.354 e. The lowest BCUT2D eigenvalue weighted by atomic mass is 10.1. The molecule has 1 amide bonds. The first kappa shape index (κ1) is 18.7. The van der Waals surface area contributed by atoms with Crippen molar-refractivity contribution in [2.45, 2.75) is 11.8 Å². The molecule has 3 aromatic carbocycles. The van der Waals surface area contributed by atoms with Crippen LogP contribution in [-0.2, 0) is 14.8 Å². The van der Waals surface area contributed by atoms with Crippen LogP contribution >= 0.6 is 0 Å². The van der Waals surface area contributed by atoms with E-state index in [-0.39, 0.29) is 21.9 Å². The first-order valence-corrected chi connectivity index (χ1v) is 10.3. The largest absolute Gasteiger partial charge is 0.354 e. The van der Waals surface area contributed by atoms with E-state index in [9.17, 15) is 18.0 Å². The lowest BCUT2D eigenvalue weighted by Crippen LogP contribution is -2.14. The number of nitrogens with one attached hydrogen (secondary N) is 3. The highest BCUT2D eigenvalue weighted by molar-refractivity contribution is 7.92. The first-order chi connectivity index (χ1) is 13.8. The van der Waals surface area contributed by atoms with Crippen molar-refractivity contribution in [3.05, 3.63) is 77.0 Å². The molecule has 0 unspecified atom stereocenters. The number of carbonyl (C=O) groups excluding carboxylic acids is 1. The molecule has 0 aliphatic carbocycles. The number of para-hydroxylation sites is 1. The van der Waals surface area contributed by atoms with E-state index in [1.54, 1.807) is 24.3 Å². The minimum absolute atomic E-state index is 0.0409. The molecular weight excluding hydrogens is 390 g/mol. The molecule has 4 rings (SSSR count). The maximum absolute atomic E-state index is 12.8. The van der Waals surface area contributed by atoms with Crippen LogP contribution < -0.4 is 15.5 Å². The van der Waals surface area contributed by atoms with Gasteiger partial charge in [0, 0.05) is 40.1 Å². The number of sulfonamides is 1. The molecule has 0 fully saturated rings. The Bertz CT molecular complexity index is 1410. The lowest BCUT2D eigenvalue weighted by Gasteiger charge is -2.10. The van der Waals surface area contributed by atoms with Gasteiger partial charge in [-0.2, -0.15) is 0 Å². The predicted octanol–water partition coefficient (Wildman–Crippen LogP) is 3.44. The van der Waals surface area contributed by atoms with Crippen molar-refractivity contribution in [1.82, 2.24) is 4.98 Å². The number of aromatic nitrogens is 1. The molecule has 1 aromatic heterocycles. The molecular formula is C21H17N3O4S. The molecule has 0 spiro atoms. The summed E-state index contributed by atoms with van der Waals surface area (Å²) in [6, 6.07) is 17.7. The normalized spacial score (nSPS) is 11.5. The van der Waals surface area contributed by atoms with E-state index < -0.39 is 10.0 Å². The number of H-pyrrole nitrogens is 1. The second-order valence-corrected chi connectivity index (χ2v) is 8.25. The molecule has 0 radical (unpaired) electrons. The molecule has 1 heterocycles. The second-order valence-electron chi connectivity index (χ2n) is 6.57. The number of aromatic amines is 1. The zero-order chi connectivity index (χ0) is 20.6. The summed E-state index contributed by atoms with van der Waals surface area (Å²) in [4.78, 5) is 27.1. The van der Waals surface area contributed by atoms with Crippen molar-refractivity contribution in [3.63, 3.8) is 0 Å². The van der Waals surface area contributed by atoms with Crippen LogP contribution in [0.3, 0.4) is 0 Å². The van der Waals surface area contributed by atoms with Crippen LogP contribution in [0, 0.1) is 0 Å². The highest BCUT2D eigenvalue weighted by Crippen LogP contribution is 2.22. The molecule has 146 valence electrons. The number of amides is 1. The van der Waals surface area contributed by atoms with Gasteiger partial charge in [-0.15, -0.1) is 0 Å². The molecule has 8 heteroatoms. The summed E-state index contributed by atoms with van der Waals surface area (Å²) >= 11 is 0. The zero-order valence-corrected chi connectivity index (χ0v) is 16.2.